The molecule has 3 N–H and O–H groups in total. The van der Waals surface area contributed by atoms with Crippen molar-refractivity contribution in [3.63, 3.8) is 0 Å². The van der Waals surface area contributed by atoms with E-state index in [0.717, 1.165) is 24.3 Å². The van der Waals surface area contributed by atoms with Crippen molar-refractivity contribution in [2.75, 3.05) is 13.2 Å². The van der Waals surface area contributed by atoms with E-state index in [2.05, 4.69) is 0 Å². The summed E-state index contributed by atoms with van der Waals surface area (Å²) in [6.07, 6.45) is 0.976. The SMILES string of the molecule is NC(CO)c1ccc2c(c1)OCC2. The van der Waals surface area contributed by atoms with Gasteiger partial charge in [0, 0.05) is 6.42 Å². The third kappa shape index (κ3) is 1.53. The Balaban J connectivity index is 2.30. The van der Waals surface area contributed by atoms with Crippen LogP contribution in [0.5, 0.6) is 5.75 Å². The molecular weight excluding hydrogens is 166 g/mol. The van der Waals surface area contributed by atoms with Crippen molar-refractivity contribution in [3.05, 3.63) is 29.3 Å². The zero-order chi connectivity index (χ0) is 9.26. The molecule has 0 saturated heterocycles. The number of fused-ring (bicyclic) bond motifs is 1. The molecule has 1 aromatic carbocycles. The van der Waals surface area contributed by atoms with E-state index in [1.165, 1.54) is 5.56 Å². The summed E-state index contributed by atoms with van der Waals surface area (Å²) in [5, 5.41) is 8.87. The van der Waals surface area contributed by atoms with Crippen molar-refractivity contribution in [1.29, 1.82) is 0 Å². The monoisotopic (exact) mass is 179 g/mol. The molecule has 1 aliphatic heterocycles. The minimum Gasteiger partial charge on any atom is -0.493 e. The molecule has 0 aliphatic carbocycles. The fourth-order valence-electron chi connectivity index (χ4n) is 1.52. The Morgan fingerprint density at radius 2 is 2.38 bits per heavy atom. The molecule has 70 valence electrons. The first-order chi connectivity index (χ1) is 6.31. The summed E-state index contributed by atoms with van der Waals surface area (Å²) < 4.78 is 5.40. The zero-order valence-corrected chi connectivity index (χ0v) is 7.36. The molecule has 13 heavy (non-hydrogen) atoms. The average Bonchev–Trinajstić information content (AvgIpc) is 2.63. The minimum atomic E-state index is -0.297. The molecule has 1 aromatic rings. The topological polar surface area (TPSA) is 55.5 Å². The van der Waals surface area contributed by atoms with E-state index in [1.54, 1.807) is 0 Å². The highest BCUT2D eigenvalue weighted by Crippen LogP contribution is 2.27. The van der Waals surface area contributed by atoms with E-state index < -0.39 is 0 Å². The maximum atomic E-state index is 8.87. The van der Waals surface area contributed by atoms with Gasteiger partial charge in [0.25, 0.3) is 0 Å². The van der Waals surface area contributed by atoms with Gasteiger partial charge >= 0.3 is 0 Å². The molecule has 0 aromatic heterocycles. The van der Waals surface area contributed by atoms with E-state index in [0.29, 0.717) is 0 Å². The van der Waals surface area contributed by atoms with Crippen LogP contribution in [0.25, 0.3) is 0 Å². The quantitative estimate of drug-likeness (QED) is 0.699. The Morgan fingerprint density at radius 1 is 1.54 bits per heavy atom. The molecule has 0 fully saturated rings. The number of aliphatic hydroxyl groups excluding tert-OH is 1. The number of nitrogens with two attached hydrogens (primary N) is 1. The normalized spacial score (nSPS) is 16.5. The number of rotatable bonds is 2. The fourth-order valence-corrected chi connectivity index (χ4v) is 1.52. The number of ether oxygens (including phenoxy) is 1. The number of hydrogen-bond donors (Lipinski definition) is 2. The summed E-state index contributed by atoms with van der Waals surface area (Å²) in [7, 11) is 0. The van der Waals surface area contributed by atoms with Crippen molar-refractivity contribution < 1.29 is 9.84 Å². The van der Waals surface area contributed by atoms with Crippen molar-refractivity contribution in [2.24, 2.45) is 5.73 Å². The predicted molar refractivity (Wildman–Crippen MR) is 49.7 cm³/mol. The lowest BCUT2D eigenvalue weighted by molar-refractivity contribution is 0.267. The van der Waals surface area contributed by atoms with E-state index in [4.69, 9.17) is 15.6 Å². The zero-order valence-electron chi connectivity index (χ0n) is 7.36. The van der Waals surface area contributed by atoms with Crippen LogP contribution in [0.3, 0.4) is 0 Å². The van der Waals surface area contributed by atoms with Crippen LogP contribution in [-0.2, 0) is 6.42 Å². The van der Waals surface area contributed by atoms with Crippen LogP contribution in [0.1, 0.15) is 17.2 Å². The molecule has 3 nitrogen and oxygen atoms in total. The lowest BCUT2D eigenvalue weighted by atomic mass is 10.0. The van der Waals surface area contributed by atoms with Crippen molar-refractivity contribution in [2.45, 2.75) is 12.5 Å². The van der Waals surface area contributed by atoms with Gasteiger partial charge in [-0.1, -0.05) is 12.1 Å². The minimum absolute atomic E-state index is 0.0290. The Hall–Kier alpha value is -1.06. The second kappa shape index (κ2) is 3.36. The highest BCUT2D eigenvalue weighted by molar-refractivity contribution is 5.41. The molecule has 1 aliphatic rings. The molecule has 1 unspecified atom stereocenters. The van der Waals surface area contributed by atoms with E-state index in [9.17, 15) is 0 Å². The summed E-state index contributed by atoms with van der Waals surface area (Å²) in [5.74, 6) is 0.918. The van der Waals surface area contributed by atoms with Gasteiger partial charge in [0.15, 0.2) is 0 Å². The van der Waals surface area contributed by atoms with E-state index in [1.807, 2.05) is 18.2 Å². The smallest absolute Gasteiger partial charge is 0.122 e. The largest absolute Gasteiger partial charge is 0.493 e. The maximum absolute atomic E-state index is 8.87. The number of aliphatic hydroxyl groups is 1. The molecular formula is C10H13NO2. The summed E-state index contributed by atoms with van der Waals surface area (Å²) in [5.41, 5.74) is 7.85. The standard InChI is InChI=1S/C10H13NO2/c11-9(6-12)8-2-1-7-3-4-13-10(7)5-8/h1-2,5,9,12H,3-4,6,11H2. The second-order valence-electron chi connectivity index (χ2n) is 3.25. The van der Waals surface area contributed by atoms with Crippen LogP contribution in [-0.4, -0.2) is 18.3 Å². The third-order valence-electron chi connectivity index (χ3n) is 2.35. The van der Waals surface area contributed by atoms with Gasteiger partial charge in [-0.2, -0.15) is 0 Å². The summed E-state index contributed by atoms with van der Waals surface area (Å²) >= 11 is 0. The average molecular weight is 179 g/mol. The van der Waals surface area contributed by atoms with Crippen LogP contribution in [0.15, 0.2) is 18.2 Å². The fraction of sp³-hybridized carbons (Fsp3) is 0.400. The molecule has 0 amide bonds. The van der Waals surface area contributed by atoms with Gasteiger partial charge in [0.05, 0.1) is 19.3 Å². The van der Waals surface area contributed by atoms with Crippen LogP contribution in [0.4, 0.5) is 0 Å². The maximum Gasteiger partial charge on any atom is 0.122 e. The van der Waals surface area contributed by atoms with Gasteiger partial charge < -0.3 is 15.6 Å². The lowest BCUT2D eigenvalue weighted by Crippen LogP contribution is -2.14. The highest BCUT2D eigenvalue weighted by Gasteiger charge is 2.13. The van der Waals surface area contributed by atoms with Gasteiger partial charge in [0.1, 0.15) is 5.75 Å². The third-order valence-corrected chi connectivity index (χ3v) is 2.35. The summed E-state index contributed by atoms with van der Waals surface area (Å²) in [4.78, 5) is 0. The van der Waals surface area contributed by atoms with Crippen molar-refractivity contribution in [3.8, 4) is 5.75 Å². The molecule has 0 spiro atoms. The molecule has 0 saturated carbocycles. The summed E-state index contributed by atoms with van der Waals surface area (Å²) in [6, 6.07) is 5.60. The van der Waals surface area contributed by atoms with Crippen LogP contribution >= 0.6 is 0 Å². The summed E-state index contributed by atoms with van der Waals surface area (Å²) in [6.45, 7) is 0.728. The lowest BCUT2D eigenvalue weighted by Gasteiger charge is -2.09. The van der Waals surface area contributed by atoms with Crippen LogP contribution in [0.2, 0.25) is 0 Å². The van der Waals surface area contributed by atoms with Gasteiger partial charge in [-0.05, 0) is 17.2 Å². The van der Waals surface area contributed by atoms with Gasteiger partial charge in [-0.25, -0.2) is 0 Å². The Labute approximate surface area is 77.1 Å². The Morgan fingerprint density at radius 3 is 3.15 bits per heavy atom. The highest BCUT2D eigenvalue weighted by atomic mass is 16.5. The van der Waals surface area contributed by atoms with Crippen molar-refractivity contribution >= 4 is 0 Å². The molecule has 1 heterocycles. The first-order valence-electron chi connectivity index (χ1n) is 4.43. The predicted octanol–water partition coefficient (Wildman–Crippen LogP) is 0.614. The van der Waals surface area contributed by atoms with Crippen LogP contribution < -0.4 is 10.5 Å². The number of benzene rings is 1. The van der Waals surface area contributed by atoms with E-state index >= 15 is 0 Å². The molecule has 3 heteroatoms. The molecule has 2 rings (SSSR count). The molecule has 0 radical (unpaired) electrons. The van der Waals surface area contributed by atoms with Crippen molar-refractivity contribution in [1.82, 2.24) is 0 Å². The van der Waals surface area contributed by atoms with Crippen LogP contribution in [0, 0.1) is 0 Å². The van der Waals surface area contributed by atoms with Gasteiger partial charge in [-0.3, -0.25) is 0 Å². The van der Waals surface area contributed by atoms with Gasteiger partial charge in [0.2, 0.25) is 0 Å². The second-order valence-corrected chi connectivity index (χ2v) is 3.25. The first kappa shape index (κ1) is 8.53. The molecule has 0 bridgehead atoms. The Kier molecular flexibility index (Phi) is 2.20. The molecule has 1 atom stereocenters. The Bertz CT molecular complexity index is 312. The van der Waals surface area contributed by atoms with Gasteiger partial charge in [-0.15, -0.1) is 0 Å². The van der Waals surface area contributed by atoms with E-state index in [-0.39, 0.29) is 12.6 Å². The first-order valence-corrected chi connectivity index (χ1v) is 4.43. The number of hydrogen-bond acceptors (Lipinski definition) is 3.